The van der Waals surface area contributed by atoms with Crippen LogP contribution in [0, 0.1) is 0 Å². The topological polar surface area (TPSA) is 68.9 Å². The Balaban J connectivity index is 2.37. The van der Waals surface area contributed by atoms with Crippen LogP contribution >= 0.6 is 0 Å². The molecule has 1 amide bonds. The van der Waals surface area contributed by atoms with Crippen molar-refractivity contribution in [3.63, 3.8) is 0 Å². The lowest BCUT2D eigenvalue weighted by molar-refractivity contribution is -0.141. The number of hydrogen-bond donors (Lipinski definition) is 1. The lowest BCUT2D eigenvalue weighted by Gasteiger charge is -2.14. The maximum atomic E-state index is 12.4. The van der Waals surface area contributed by atoms with Crippen LogP contribution in [-0.2, 0) is 6.18 Å². The second-order valence-corrected chi connectivity index (χ2v) is 4.51. The zero-order chi connectivity index (χ0) is 15.6. The van der Waals surface area contributed by atoms with Gasteiger partial charge in [-0.15, -0.1) is 5.10 Å². The highest BCUT2D eigenvalue weighted by Crippen LogP contribution is 2.29. The Hall–Kier alpha value is -2.44. The highest BCUT2D eigenvalue weighted by molar-refractivity contribution is 5.94. The SMILES string of the molecule is C[C@@H](c1ccc(C(F)(F)F)nn1)c1ccccc1C(N)=O. The number of primary amides is 1. The average Bonchev–Trinajstić information content (AvgIpc) is 2.45. The molecule has 0 unspecified atom stereocenters. The number of carbonyl (C=O) groups excluding carboxylic acids is 1. The molecule has 7 heteroatoms. The number of rotatable bonds is 3. The summed E-state index contributed by atoms with van der Waals surface area (Å²) in [6, 6.07) is 8.74. The molecule has 0 aliphatic rings. The molecular weight excluding hydrogens is 283 g/mol. The smallest absolute Gasteiger partial charge is 0.366 e. The van der Waals surface area contributed by atoms with Gasteiger partial charge in [-0.2, -0.15) is 18.3 Å². The summed E-state index contributed by atoms with van der Waals surface area (Å²) in [5.41, 5.74) is 5.47. The summed E-state index contributed by atoms with van der Waals surface area (Å²) in [6.45, 7) is 1.72. The van der Waals surface area contributed by atoms with Gasteiger partial charge in [-0.05, 0) is 23.8 Å². The molecule has 1 heterocycles. The minimum absolute atomic E-state index is 0.312. The van der Waals surface area contributed by atoms with Gasteiger partial charge in [-0.3, -0.25) is 4.79 Å². The first-order valence-corrected chi connectivity index (χ1v) is 6.10. The van der Waals surface area contributed by atoms with Crippen molar-refractivity contribution in [3.8, 4) is 0 Å². The van der Waals surface area contributed by atoms with Crippen LogP contribution in [0.1, 0.15) is 40.2 Å². The van der Waals surface area contributed by atoms with E-state index in [1.54, 1.807) is 31.2 Å². The number of nitrogens with two attached hydrogens (primary N) is 1. The molecular formula is C14H12F3N3O. The van der Waals surface area contributed by atoms with Gasteiger partial charge >= 0.3 is 6.18 Å². The first-order valence-electron chi connectivity index (χ1n) is 6.10. The van der Waals surface area contributed by atoms with Gasteiger partial charge in [-0.1, -0.05) is 25.1 Å². The molecule has 0 aliphatic carbocycles. The molecule has 2 N–H and O–H groups in total. The number of nitrogens with zero attached hydrogens (tertiary/aromatic N) is 2. The van der Waals surface area contributed by atoms with E-state index in [0.29, 0.717) is 16.8 Å². The summed E-state index contributed by atoms with van der Waals surface area (Å²) in [4.78, 5) is 11.4. The number of benzene rings is 1. The van der Waals surface area contributed by atoms with Crippen LogP contribution < -0.4 is 5.73 Å². The molecule has 0 saturated carbocycles. The Labute approximate surface area is 118 Å². The molecule has 4 nitrogen and oxygen atoms in total. The molecule has 0 spiro atoms. The van der Waals surface area contributed by atoms with E-state index in [-0.39, 0.29) is 0 Å². The maximum absolute atomic E-state index is 12.4. The van der Waals surface area contributed by atoms with Crippen molar-refractivity contribution in [1.82, 2.24) is 10.2 Å². The predicted octanol–water partition coefficient (Wildman–Crippen LogP) is 2.75. The van der Waals surface area contributed by atoms with Gasteiger partial charge < -0.3 is 5.73 Å². The van der Waals surface area contributed by atoms with E-state index >= 15 is 0 Å². The van der Waals surface area contributed by atoms with Gasteiger partial charge in [0.25, 0.3) is 0 Å². The predicted molar refractivity (Wildman–Crippen MR) is 69.5 cm³/mol. The number of hydrogen-bond acceptors (Lipinski definition) is 3. The number of aromatic nitrogens is 2. The minimum Gasteiger partial charge on any atom is -0.366 e. The third-order valence-electron chi connectivity index (χ3n) is 3.11. The standard InChI is InChI=1S/C14H12F3N3O/c1-8(9-4-2-3-5-10(9)13(18)21)11-6-7-12(20-19-11)14(15,16)17/h2-8H,1H3,(H2,18,21)/t8-/m1/s1. The Morgan fingerprint density at radius 2 is 1.81 bits per heavy atom. The fraction of sp³-hybridized carbons (Fsp3) is 0.214. The van der Waals surface area contributed by atoms with E-state index < -0.39 is 23.7 Å². The van der Waals surface area contributed by atoms with E-state index in [0.717, 1.165) is 6.07 Å². The normalized spacial score (nSPS) is 13.0. The average molecular weight is 295 g/mol. The van der Waals surface area contributed by atoms with Crippen LogP contribution in [0.5, 0.6) is 0 Å². The zero-order valence-corrected chi connectivity index (χ0v) is 11.1. The molecule has 2 rings (SSSR count). The van der Waals surface area contributed by atoms with Crippen molar-refractivity contribution < 1.29 is 18.0 Å². The Morgan fingerprint density at radius 1 is 1.14 bits per heavy atom. The van der Waals surface area contributed by atoms with Crippen molar-refractivity contribution in [3.05, 3.63) is 58.9 Å². The molecule has 0 fully saturated rings. The van der Waals surface area contributed by atoms with Gasteiger partial charge in [0, 0.05) is 11.5 Å². The number of carbonyl (C=O) groups is 1. The zero-order valence-electron chi connectivity index (χ0n) is 11.1. The Bertz CT molecular complexity index is 653. The van der Waals surface area contributed by atoms with Crippen molar-refractivity contribution in [2.24, 2.45) is 5.73 Å². The molecule has 0 aliphatic heterocycles. The van der Waals surface area contributed by atoms with Crippen molar-refractivity contribution in [1.29, 1.82) is 0 Å². The first kappa shape index (κ1) is 15.0. The van der Waals surface area contributed by atoms with E-state index in [1.165, 1.54) is 6.07 Å². The molecule has 110 valence electrons. The van der Waals surface area contributed by atoms with Crippen LogP contribution in [0.2, 0.25) is 0 Å². The fourth-order valence-electron chi connectivity index (χ4n) is 1.98. The number of amides is 1. The molecule has 0 saturated heterocycles. The van der Waals surface area contributed by atoms with E-state index in [2.05, 4.69) is 10.2 Å². The molecule has 1 aromatic carbocycles. The number of alkyl halides is 3. The van der Waals surface area contributed by atoms with E-state index in [4.69, 9.17) is 5.73 Å². The highest BCUT2D eigenvalue weighted by Gasteiger charge is 2.33. The second-order valence-electron chi connectivity index (χ2n) is 4.51. The third-order valence-corrected chi connectivity index (χ3v) is 3.11. The lowest BCUT2D eigenvalue weighted by atomic mass is 9.92. The molecule has 0 radical (unpaired) electrons. The largest absolute Gasteiger partial charge is 0.435 e. The van der Waals surface area contributed by atoms with Crippen LogP contribution in [0.25, 0.3) is 0 Å². The monoisotopic (exact) mass is 295 g/mol. The quantitative estimate of drug-likeness (QED) is 0.946. The summed E-state index contributed by atoms with van der Waals surface area (Å²) in [5, 5.41) is 6.78. The third kappa shape index (κ3) is 3.18. The van der Waals surface area contributed by atoms with Gasteiger partial charge in [0.2, 0.25) is 5.91 Å². The van der Waals surface area contributed by atoms with E-state index in [9.17, 15) is 18.0 Å². The van der Waals surface area contributed by atoms with Crippen LogP contribution in [0.4, 0.5) is 13.2 Å². The van der Waals surface area contributed by atoms with Crippen molar-refractivity contribution in [2.45, 2.75) is 19.0 Å². The first-order chi connectivity index (χ1) is 9.80. The maximum Gasteiger partial charge on any atom is 0.435 e. The summed E-state index contributed by atoms with van der Waals surface area (Å²) in [7, 11) is 0. The van der Waals surface area contributed by atoms with Crippen LogP contribution in [0.3, 0.4) is 0 Å². The van der Waals surface area contributed by atoms with Crippen molar-refractivity contribution >= 4 is 5.91 Å². The second kappa shape index (κ2) is 5.51. The summed E-state index contributed by atoms with van der Waals surface area (Å²) in [6.07, 6.45) is -4.53. The molecule has 2 aromatic rings. The van der Waals surface area contributed by atoms with Crippen LogP contribution in [-0.4, -0.2) is 16.1 Å². The fourth-order valence-corrected chi connectivity index (χ4v) is 1.98. The summed E-state index contributed by atoms with van der Waals surface area (Å²) in [5.74, 6) is -0.999. The number of halogens is 3. The molecule has 1 aromatic heterocycles. The summed E-state index contributed by atoms with van der Waals surface area (Å²) >= 11 is 0. The lowest BCUT2D eigenvalue weighted by Crippen LogP contribution is -2.16. The highest BCUT2D eigenvalue weighted by atomic mass is 19.4. The van der Waals surface area contributed by atoms with Gasteiger partial charge in [0.1, 0.15) is 0 Å². The molecule has 21 heavy (non-hydrogen) atoms. The Kier molecular flexibility index (Phi) is 3.93. The van der Waals surface area contributed by atoms with Crippen molar-refractivity contribution in [2.75, 3.05) is 0 Å². The summed E-state index contributed by atoms with van der Waals surface area (Å²) < 4.78 is 37.3. The molecule has 1 atom stereocenters. The van der Waals surface area contributed by atoms with E-state index in [1.807, 2.05) is 0 Å². The van der Waals surface area contributed by atoms with Gasteiger partial charge in [-0.25, -0.2) is 0 Å². The minimum atomic E-state index is -4.53. The van der Waals surface area contributed by atoms with Gasteiger partial charge in [0.15, 0.2) is 5.69 Å². The Morgan fingerprint density at radius 3 is 2.33 bits per heavy atom. The molecule has 0 bridgehead atoms. The van der Waals surface area contributed by atoms with Crippen LogP contribution in [0.15, 0.2) is 36.4 Å². The van der Waals surface area contributed by atoms with Gasteiger partial charge in [0.05, 0.1) is 5.69 Å².